The first-order valence-electron chi connectivity index (χ1n) is 7.07. The summed E-state index contributed by atoms with van der Waals surface area (Å²) >= 11 is 1.63. The maximum atomic E-state index is 6.03. The zero-order valence-corrected chi connectivity index (χ0v) is 12.5. The van der Waals surface area contributed by atoms with Crippen LogP contribution in [0.5, 0.6) is 0 Å². The Bertz CT molecular complexity index is 529. The van der Waals surface area contributed by atoms with Gasteiger partial charge in [0.25, 0.3) is 0 Å². The summed E-state index contributed by atoms with van der Waals surface area (Å²) in [6.07, 6.45) is 1.87. The third-order valence-electron chi connectivity index (χ3n) is 3.82. The number of hydrogen-bond acceptors (Lipinski definition) is 6. The number of thiophene rings is 1. The lowest BCUT2D eigenvalue weighted by atomic mass is 10.1. The molecule has 0 bridgehead atoms. The van der Waals surface area contributed by atoms with Crippen LogP contribution in [0.15, 0.2) is 22.0 Å². The van der Waals surface area contributed by atoms with Crippen LogP contribution in [0, 0.1) is 5.92 Å². The fraction of sp³-hybridized carbons (Fsp3) is 0.571. The molecule has 1 aliphatic rings. The van der Waals surface area contributed by atoms with Crippen LogP contribution in [0.3, 0.4) is 0 Å². The Hall–Kier alpha value is -1.24. The lowest BCUT2D eigenvalue weighted by molar-refractivity contribution is 0.310. The SMILES string of the molecule is CC1CN(CCCc2nc(-c3cccs3)no2)CC1N. The first-order chi connectivity index (χ1) is 9.72. The summed E-state index contributed by atoms with van der Waals surface area (Å²) in [6, 6.07) is 4.32. The maximum Gasteiger partial charge on any atom is 0.227 e. The van der Waals surface area contributed by atoms with Gasteiger partial charge in [-0.15, -0.1) is 11.3 Å². The van der Waals surface area contributed by atoms with Crippen LogP contribution in [-0.4, -0.2) is 40.7 Å². The predicted molar refractivity (Wildman–Crippen MR) is 79.5 cm³/mol. The van der Waals surface area contributed by atoms with Gasteiger partial charge in [0.1, 0.15) is 0 Å². The van der Waals surface area contributed by atoms with E-state index in [0.29, 0.717) is 17.8 Å². The summed E-state index contributed by atoms with van der Waals surface area (Å²) in [7, 11) is 0. The minimum Gasteiger partial charge on any atom is -0.339 e. The summed E-state index contributed by atoms with van der Waals surface area (Å²) < 4.78 is 5.30. The van der Waals surface area contributed by atoms with Crippen molar-refractivity contribution in [3.05, 3.63) is 23.4 Å². The van der Waals surface area contributed by atoms with Gasteiger partial charge in [-0.1, -0.05) is 18.1 Å². The van der Waals surface area contributed by atoms with Crippen LogP contribution in [0.1, 0.15) is 19.2 Å². The number of hydrogen-bond donors (Lipinski definition) is 1. The first-order valence-corrected chi connectivity index (χ1v) is 7.95. The molecular weight excluding hydrogens is 272 g/mol. The van der Waals surface area contributed by atoms with Crippen LogP contribution in [0.4, 0.5) is 0 Å². The molecule has 2 unspecified atom stereocenters. The summed E-state index contributed by atoms with van der Waals surface area (Å²) in [5, 5.41) is 6.04. The number of rotatable bonds is 5. The molecule has 2 aromatic rings. The van der Waals surface area contributed by atoms with Gasteiger partial charge in [0.2, 0.25) is 11.7 Å². The summed E-state index contributed by atoms with van der Waals surface area (Å²) in [5.41, 5.74) is 6.03. The van der Waals surface area contributed by atoms with Crippen molar-refractivity contribution in [1.29, 1.82) is 0 Å². The summed E-state index contributed by atoms with van der Waals surface area (Å²) in [4.78, 5) is 7.91. The Morgan fingerprint density at radius 1 is 1.50 bits per heavy atom. The van der Waals surface area contributed by atoms with Crippen LogP contribution >= 0.6 is 11.3 Å². The number of likely N-dealkylation sites (tertiary alicyclic amines) is 1. The normalized spacial score (nSPS) is 23.5. The van der Waals surface area contributed by atoms with Gasteiger partial charge in [0.15, 0.2) is 0 Å². The molecule has 0 amide bonds. The van der Waals surface area contributed by atoms with Crippen molar-refractivity contribution in [1.82, 2.24) is 15.0 Å². The van der Waals surface area contributed by atoms with Gasteiger partial charge in [-0.25, -0.2) is 0 Å². The molecule has 0 aliphatic carbocycles. The minimum atomic E-state index is 0.323. The molecule has 3 heterocycles. The molecule has 6 heteroatoms. The fourth-order valence-corrected chi connectivity index (χ4v) is 3.24. The second kappa shape index (κ2) is 6.03. The van der Waals surface area contributed by atoms with Crippen molar-refractivity contribution >= 4 is 11.3 Å². The Morgan fingerprint density at radius 3 is 3.10 bits per heavy atom. The first kappa shape index (κ1) is 13.7. The molecule has 0 saturated carbocycles. The van der Waals surface area contributed by atoms with Crippen molar-refractivity contribution in [2.75, 3.05) is 19.6 Å². The van der Waals surface area contributed by atoms with Gasteiger partial charge in [-0.2, -0.15) is 4.98 Å². The van der Waals surface area contributed by atoms with E-state index in [1.54, 1.807) is 11.3 Å². The quantitative estimate of drug-likeness (QED) is 0.913. The van der Waals surface area contributed by atoms with E-state index in [1.165, 1.54) is 0 Å². The van der Waals surface area contributed by atoms with E-state index in [0.717, 1.165) is 43.2 Å². The molecule has 0 radical (unpaired) electrons. The second-order valence-electron chi connectivity index (χ2n) is 5.49. The Kier molecular flexibility index (Phi) is 4.14. The average molecular weight is 292 g/mol. The zero-order valence-electron chi connectivity index (χ0n) is 11.7. The largest absolute Gasteiger partial charge is 0.339 e. The van der Waals surface area contributed by atoms with Crippen molar-refractivity contribution in [3.8, 4) is 10.7 Å². The van der Waals surface area contributed by atoms with Crippen LogP contribution < -0.4 is 5.73 Å². The van der Waals surface area contributed by atoms with E-state index in [-0.39, 0.29) is 0 Å². The predicted octanol–water partition coefficient (Wildman–Crippen LogP) is 2.01. The zero-order chi connectivity index (χ0) is 13.9. The summed E-state index contributed by atoms with van der Waals surface area (Å²) in [5.74, 6) is 2.03. The highest BCUT2D eigenvalue weighted by molar-refractivity contribution is 7.13. The molecule has 1 fully saturated rings. The standard InChI is InChI=1S/C14H20N4OS/c1-10-8-18(9-11(10)15)6-2-5-13-16-14(17-19-13)12-4-3-7-20-12/h3-4,7,10-11H,2,5-6,8-9,15H2,1H3. The number of nitrogens with zero attached hydrogens (tertiary/aromatic N) is 3. The molecule has 2 N–H and O–H groups in total. The molecule has 0 spiro atoms. The Morgan fingerprint density at radius 2 is 2.40 bits per heavy atom. The van der Waals surface area contributed by atoms with Gasteiger partial charge in [-0.05, 0) is 30.3 Å². The van der Waals surface area contributed by atoms with Crippen molar-refractivity contribution in [3.63, 3.8) is 0 Å². The van der Waals surface area contributed by atoms with E-state index in [1.807, 2.05) is 17.5 Å². The highest BCUT2D eigenvalue weighted by atomic mass is 32.1. The van der Waals surface area contributed by atoms with E-state index >= 15 is 0 Å². The molecule has 5 nitrogen and oxygen atoms in total. The van der Waals surface area contributed by atoms with Gasteiger partial charge in [-0.3, -0.25) is 0 Å². The Balaban J connectivity index is 1.47. The number of nitrogens with two attached hydrogens (primary N) is 1. The van der Waals surface area contributed by atoms with Gasteiger partial charge in [0, 0.05) is 25.6 Å². The third-order valence-corrected chi connectivity index (χ3v) is 4.69. The monoisotopic (exact) mass is 292 g/mol. The van der Waals surface area contributed by atoms with Crippen LogP contribution in [-0.2, 0) is 6.42 Å². The van der Waals surface area contributed by atoms with Gasteiger partial charge < -0.3 is 15.2 Å². The van der Waals surface area contributed by atoms with Gasteiger partial charge >= 0.3 is 0 Å². The average Bonchev–Trinajstić information content (AvgIpc) is 3.12. The van der Waals surface area contributed by atoms with E-state index in [2.05, 4.69) is 22.0 Å². The number of aromatic nitrogens is 2. The van der Waals surface area contributed by atoms with Crippen LogP contribution in [0.25, 0.3) is 10.7 Å². The van der Waals surface area contributed by atoms with E-state index in [9.17, 15) is 0 Å². The fourth-order valence-electron chi connectivity index (χ4n) is 2.59. The molecule has 0 aromatic carbocycles. The molecule has 2 aromatic heterocycles. The molecule has 20 heavy (non-hydrogen) atoms. The second-order valence-corrected chi connectivity index (χ2v) is 6.44. The van der Waals surface area contributed by atoms with E-state index in [4.69, 9.17) is 10.3 Å². The number of aryl methyl sites for hydroxylation is 1. The maximum absolute atomic E-state index is 6.03. The lowest BCUT2D eigenvalue weighted by Crippen LogP contribution is -2.29. The highest BCUT2D eigenvalue weighted by Gasteiger charge is 2.25. The third kappa shape index (κ3) is 3.08. The highest BCUT2D eigenvalue weighted by Crippen LogP contribution is 2.21. The van der Waals surface area contributed by atoms with Crippen molar-refractivity contribution in [2.24, 2.45) is 11.7 Å². The van der Waals surface area contributed by atoms with E-state index < -0.39 is 0 Å². The molecule has 2 atom stereocenters. The van der Waals surface area contributed by atoms with Crippen LogP contribution in [0.2, 0.25) is 0 Å². The van der Waals surface area contributed by atoms with Gasteiger partial charge in [0.05, 0.1) is 4.88 Å². The lowest BCUT2D eigenvalue weighted by Gasteiger charge is -2.13. The molecule has 1 saturated heterocycles. The Labute approximate surface area is 122 Å². The molecular formula is C14H20N4OS. The topological polar surface area (TPSA) is 68.2 Å². The smallest absolute Gasteiger partial charge is 0.227 e. The molecule has 1 aliphatic heterocycles. The minimum absolute atomic E-state index is 0.323. The van der Waals surface area contributed by atoms with Crippen molar-refractivity contribution < 1.29 is 4.52 Å². The van der Waals surface area contributed by atoms with Crippen molar-refractivity contribution in [2.45, 2.75) is 25.8 Å². The molecule has 3 rings (SSSR count). The molecule has 108 valence electrons. The summed E-state index contributed by atoms with van der Waals surface area (Å²) in [6.45, 7) is 5.38.